The Morgan fingerprint density at radius 1 is 0.880 bits per heavy atom. The number of carbonyl (C=O) groups is 2. The fourth-order valence-corrected chi connectivity index (χ4v) is 3.18. The molecule has 0 aliphatic carbocycles. The Morgan fingerprint density at radius 2 is 1.56 bits per heavy atom. The van der Waals surface area contributed by atoms with Gasteiger partial charge in [0, 0.05) is 34.9 Å². The summed E-state index contributed by atoms with van der Waals surface area (Å²) >= 11 is 5.91. The largest absolute Gasteiger partial charge is 0.339 e. The van der Waals surface area contributed by atoms with E-state index in [0.717, 1.165) is 25.9 Å². The van der Waals surface area contributed by atoms with E-state index in [4.69, 9.17) is 11.6 Å². The second-order valence-electron chi connectivity index (χ2n) is 6.25. The molecule has 2 amide bonds. The second-order valence-corrected chi connectivity index (χ2v) is 6.68. The Balaban J connectivity index is 1.65. The minimum Gasteiger partial charge on any atom is -0.339 e. The number of rotatable bonds is 3. The average molecular weight is 357 g/mol. The van der Waals surface area contributed by atoms with Crippen molar-refractivity contribution in [3.05, 3.63) is 64.7 Å². The number of benzene rings is 2. The lowest BCUT2D eigenvalue weighted by molar-refractivity contribution is 0.0761. The van der Waals surface area contributed by atoms with E-state index >= 15 is 0 Å². The Labute approximate surface area is 152 Å². The molecule has 0 unspecified atom stereocenters. The molecule has 25 heavy (non-hydrogen) atoms. The van der Waals surface area contributed by atoms with Crippen molar-refractivity contribution in [2.24, 2.45) is 0 Å². The van der Waals surface area contributed by atoms with E-state index in [2.05, 4.69) is 5.32 Å². The number of hydrogen-bond donors (Lipinski definition) is 1. The van der Waals surface area contributed by atoms with Gasteiger partial charge in [-0.15, -0.1) is 0 Å². The Hall–Kier alpha value is -2.33. The van der Waals surface area contributed by atoms with E-state index in [1.807, 2.05) is 4.90 Å². The highest BCUT2D eigenvalue weighted by Crippen LogP contribution is 2.17. The van der Waals surface area contributed by atoms with E-state index in [-0.39, 0.29) is 11.8 Å². The molecule has 1 aliphatic rings. The molecule has 0 aromatic heterocycles. The van der Waals surface area contributed by atoms with Crippen LogP contribution in [0.3, 0.4) is 0 Å². The van der Waals surface area contributed by atoms with Crippen molar-refractivity contribution in [2.45, 2.75) is 25.7 Å². The number of halogens is 1. The number of hydrogen-bond acceptors (Lipinski definition) is 2. The Morgan fingerprint density at radius 3 is 2.20 bits per heavy atom. The minimum atomic E-state index is -0.228. The highest BCUT2D eigenvalue weighted by atomic mass is 35.5. The fraction of sp³-hybridized carbons (Fsp3) is 0.300. The van der Waals surface area contributed by atoms with E-state index < -0.39 is 0 Å². The normalized spacial score (nSPS) is 14.7. The molecule has 130 valence electrons. The van der Waals surface area contributed by atoms with Gasteiger partial charge in [0.05, 0.1) is 0 Å². The SMILES string of the molecule is O=C(Nc1ccc(C(=O)N2CCCCCC2)cc1)c1cccc(Cl)c1. The summed E-state index contributed by atoms with van der Waals surface area (Å²) in [5, 5.41) is 3.34. The third-order valence-corrected chi connectivity index (χ3v) is 4.60. The predicted octanol–water partition coefficient (Wildman–Crippen LogP) is 4.61. The van der Waals surface area contributed by atoms with Crippen LogP contribution in [0.5, 0.6) is 0 Å². The Kier molecular flexibility index (Phi) is 5.71. The molecule has 2 aromatic carbocycles. The lowest BCUT2D eigenvalue weighted by Crippen LogP contribution is -2.31. The summed E-state index contributed by atoms with van der Waals surface area (Å²) in [7, 11) is 0. The fourth-order valence-electron chi connectivity index (χ4n) is 2.99. The lowest BCUT2D eigenvalue weighted by atomic mass is 10.1. The zero-order valence-corrected chi connectivity index (χ0v) is 14.8. The van der Waals surface area contributed by atoms with Crippen molar-refractivity contribution in [1.82, 2.24) is 4.90 Å². The lowest BCUT2D eigenvalue weighted by Gasteiger charge is -2.20. The number of nitrogens with one attached hydrogen (secondary N) is 1. The van der Waals surface area contributed by atoms with Gasteiger partial charge in [0.2, 0.25) is 0 Å². The third kappa shape index (κ3) is 4.60. The molecule has 0 saturated carbocycles. The van der Waals surface area contributed by atoms with Crippen LogP contribution in [0.15, 0.2) is 48.5 Å². The maximum atomic E-state index is 12.6. The number of nitrogens with zero attached hydrogens (tertiary/aromatic N) is 1. The van der Waals surface area contributed by atoms with Crippen LogP contribution in [0.1, 0.15) is 46.4 Å². The monoisotopic (exact) mass is 356 g/mol. The molecule has 1 heterocycles. The molecule has 5 heteroatoms. The van der Waals surface area contributed by atoms with Crippen LogP contribution >= 0.6 is 11.6 Å². The highest BCUT2D eigenvalue weighted by molar-refractivity contribution is 6.31. The molecule has 1 fully saturated rings. The van der Waals surface area contributed by atoms with Gasteiger partial charge in [-0.2, -0.15) is 0 Å². The summed E-state index contributed by atoms with van der Waals surface area (Å²) in [6, 6.07) is 13.8. The zero-order chi connectivity index (χ0) is 17.6. The van der Waals surface area contributed by atoms with Crippen LogP contribution in [0, 0.1) is 0 Å². The van der Waals surface area contributed by atoms with Crippen LogP contribution in [-0.4, -0.2) is 29.8 Å². The van der Waals surface area contributed by atoms with E-state index in [0.29, 0.717) is 21.8 Å². The summed E-state index contributed by atoms with van der Waals surface area (Å²) in [5.74, 6) is -0.163. The standard InChI is InChI=1S/C20H21ClN2O2/c21-17-7-5-6-16(14-17)19(24)22-18-10-8-15(9-11-18)20(25)23-12-3-1-2-4-13-23/h5-11,14H,1-4,12-13H2,(H,22,24). The van der Waals surface area contributed by atoms with Gasteiger partial charge in [-0.1, -0.05) is 30.5 Å². The van der Waals surface area contributed by atoms with Crippen molar-refractivity contribution in [3.63, 3.8) is 0 Å². The summed E-state index contributed by atoms with van der Waals surface area (Å²) in [5.41, 5.74) is 1.80. The predicted molar refractivity (Wildman–Crippen MR) is 100 cm³/mol. The average Bonchev–Trinajstić information content (AvgIpc) is 2.91. The van der Waals surface area contributed by atoms with Crippen LogP contribution in [0.25, 0.3) is 0 Å². The summed E-state index contributed by atoms with van der Waals surface area (Å²) < 4.78 is 0. The van der Waals surface area contributed by atoms with Crippen LogP contribution < -0.4 is 5.32 Å². The molecule has 4 nitrogen and oxygen atoms in total. The molecule has 0 spiro atoms. The van der Waals surface area contributed by atoms with Gasteiger partial charge in [0.1, 0.15) is 0 Å². The van der Waals surface area contributed by atoms with Crippen molar-refractivity contribution in [2.75, 3.05) is 18.4 Å². The van der Waals surface area contributed by atoms with Gasteiger partial charge in [0.15, 0.2) is 0 Å². The van der Waals surface area contributed by atoms with Gasteiger partial charge in [0.25, 0.3) is 11.8 Å². The van der Waals surface area contributed by atoms with E-state index in [1.54, 1.807) is 48.5 Å². The summed E-state index contributed by atoms with van der Waals surface area (Å²) in [6.45, 7) is 1.65. The highest BCUT2D eigenvalue weighted by Gasteiger charge is 2.17. The first-order valence-electron chi connectivity index (χ1n) is 8.60. The van der Waals surface area contributed by atoms with Gasteiger partial charge in [-0.05, 0) is 55.3 Å². The molecule has 1 saturated heterocycles. The third-order valence-electron chi connectivity index (χ3n) is 4.37. The van der Waals surface area contributed by atoms with Gasteiger partial charge < -0.3 is 10.2 Å². The maximum Gasteiger partial charge on any atom is 0.255 e. The smallest absolute Gasteiger partial charge is 0.255 e. The number of likely N-dealkylation sites (tertiary alicyclic amines) is 1. The molecule has 1 N–H and O–H groups in total. The summed E-state index contributed by atoms with van der Waals surface area (Å²) in [4.78, 5) is 26.7. The molecule has 0 bridgehead atoms. The molecule has 2 aromatic rings. The molecule has 0 atom stereocenters. The van der Waals surface area contributed by atoms with Crippen LogP contribution in [0.4, 0.5) is 5.69 Å². The Bertz CT molecular complexity index is 751. The van der Waals surface area contributed by atoms with Crippen molar-refractivity contribution in [3.8, 4) is 0 Å². The molecule has 3 rings (SSSR count). The minimum absolute atomic E-state index is 0.0645. The van der Waals surface area contributed by atoms with E-state index in [9.17, 15) is 9.59 Å². The maximum absolute atomic E-state index is 12.6. The summed E-state index contributed by atoms with van der Waals surface area (Å²) in [6.07, 6.45) is 4.52. The van der Waals surface area contributed by atoms with Crippen LogP contribution in [-0.2, 0) is 0 Å². The first-order valence-corrected chi connectivity index (χ1v) is 8.97. The zero-order valence-electron chi connectivity index (χ0n) is 14.0. The number of carbonyl (C=O) groups excluding carboxylic acids is 2. The molecule has 0 radical (unpaired) electrons. The number of amides is 2. The molecule has 1 aliphatic heterocycles. The molecular weight excluding hydrogens is 336 g/mol. The van der Waals surface area contributed by atoms with Crippen molar-refractivity contribution >= 4 is 29.1 Å². The van der Waals surface area contributed by atoms with Gasteiger partial charge >= 0.3 is 0 Å². The van der Waals surface area contributed by atoms with Gasteiger partial charge in [-0.25, -0.2) is 0 Å². The quantitative estimate of drug-likeness (QED) is 0.873. The topological polar surface area (TPSA) is 49.4 Å². The van der Waals surface area contributed by atoms with E-state index in [1.165, 1.54) is 12.8 Å². The van der Waals surface area contributed by atoms with Crippen LogP contribution in [0.2, 0.25) is 5.02 Å². The number of anilines is 1. The second kappa shape index (κ2) is 8.17. The first kappa shape index (κ1) is 17.5. The van der Waals surface area contributed by atoms with Gasteiger partial charge in [-0.3, -0.25) is 9.59 Å². The molecular formula is C20H21ClN2O2. The first-order chi connectivity index (χ1) is 12.1. The van der Waals surface area contributed by atoms with Crippen molar-refractivity contribution in [1.29, 1.82) is 0 Å². The van der Waals surface area contributed by atoms with Crippen molar-refractivity contribution < 1.29 is 9.59 Å².